The largest absolute Gasteiger partial charge is 0.351 e. The zero-order valence-corrected chi connectivity index (χ0v) is 16.2. The van der Waals surface area contributed by atoms with E-state index in [1.165, 1.54) is 17.4 Å². The molecule has 5 nitrogen and oxygen atoms in total. The van der Waals surface area contributed by atoms with Gasteiger partial charge in [-0.2, -0.15) is 0 Å². The van der Waals surface area contributed by atoms with Crippen LogP contribution in [0.3, 0.4) is 0 Å². The van der Waals surface area contributed by atoms with E-state index in [-0.39, 0.29) is 11.8 Å². The van der Waals surface area contributed by atoms with E-state index in [0.717, 1.165) is 13.0 Å². The molecule has 2 amide bonds. The molecule has 2 aromatic rings. The molecule has 26 heavy (non-hydrogen) atoms. The molecule has 0 saturated heterocycles. The molecule has 6 heteroatoms. The van der Waals surface area contributed by atoms with Crippen LogP contribution in [0.25, 0.3) is 0 Å². The minimum atomic E-state index is -0.124. The molecular formula is C20H25N3O2S. The van der Waals surface area contributed by atoms with Gasteiger partial charge in [0.25, 0.3) is 5.91 Å². The molecule has 0 spiro atoms. The van der Waals surface area contributed by atoms with Crippen molar-refractivity contribution in [3.63, 3.8) is 0 Å². The van der Waals surface area contributed by atoms with Crippen molar-refractivity contribution < 1.29 is 9.59 Å². The Kier molecular flexibility index (Phi) is 5.74. The van der Waals surface area contributed by atoms with Gasteiger partial charge in [0.15, 0.2) is 0 Å². The van der Waals surface area contributed by atoms with E-state index in [1.807, 2.05) is 11.3 Å². The van der Waals surface area contributed by atoms with Crippen LogP contribution < -0.4 is 10.6 Å². The number of benzene rings is 1. The van der Waals surface area contributed by atoms with Crippen molar-refractivity contribution in [1.82, 2.24) is 10.2 Å². The van der Waals surface area contributed by atoms with Crippen molar-refractivity contribution in [2.75, 3.05) is 18.4 Å². The average Bonchev–Trinajstić information content (AvgIpc) is 3.06. The Morgan fingerprint density at radius 2 is 1.92 bits per heavy atom. The molecule has 3 rings (SSSR count). The van der Waals surface area contributed by atoms with Crippen molar-refractivity contribution in [3.05, 3.63) is 51.7 Å². The second-order valence-electron chi connectivity index (χ2n) is 6.79. The third-order valence-electron chi connectivity index (χ3n) is 4.86. The Morgan fingerprint density at radius 3 is 2.62 bits per heavy atom. The highest BCUT2D eigenvalue weighted by Gasteiger charge is 2.29. The zero-order chi connectivity index (χ0) is 18.7. The van der Waals surface area contributed by atoms with E-state index in [9.17, 15) is 9.59 Å². The monoisotopic (exact) mass is 371 g/mol. The fourth-order valence-electron chi connectivity index (χ4n) is 3.57. The third-order valence-corrected chi connectivity index (χ3v) is 5.99. The van der Waals surface area contributed by atoms with E-state index in [2.05, 4.69) is 40.8 Å². The molecule has 1 aliphatic rings. The van der Waals surface area contributed by atoms with Crippen LogP contribution in [0, 0.1) is 0 Å². The van der Waals surface area contributed by atoms with Crippen LogP contribution in [-0.2, 0) is 11.2 Å². The highest BCUT2D eigenvalue weighted by atomic mass is 32.1. The number of thiophene rings is 1. The summed E-state index contributed by atoms with van der Waals surface area (Å²) in [6, 6.07) is 10.0. The van der Waals surface area contributed by atoms with Crippen LogP contribution in [0.5, 0.6) is 0 Å². The highest BCUT2D eigenvalue weighted by molar-refractivity contribution is 7.10. The molecule has 138 valence electrons. The lowest BCUT2D eigenvalue weighted by Gasteiger charge is -2.38. The number of nitrogens with one attached hydrogen (secondary N) is 2. The van der Waals surface area contributed by atoms with Gasteiger partial charge in [-0.3, -0.25) is 14.5 Å². The van der Waals surface area contributed by atoms with Gasteiger partial charge in [-0.25, -0.2) is 0 Å². The second kappa shape index (κ2) is 8.01. The number of nitrogens with zero attached hydrogens (tertiary/aromatic N) is 1. The molecule has 0 fully saturated rings. The van der Waals surface area contributed by atoms with Gasteiger partial charge in [0.1, 0.15) is 0 Å². The minimum Gasteiger partial charge on any atom is -0.351 e. The number of carbonyl (C=O) groups is 2. The maximum atomic E-state index is 12.3. The Balaban J connectivity index is 1.53. The lowest BCUT2D eigenvalue weighted by Crippen LogP contribution is -2.44. The number of fused-ring (bicyclic) bond motifs is 1. The van der Waals surface area contributed by atoms with Gasteiger partial charge in [0, 0.05) is 48.2 Å². The van der Waals surface area contributed by atoms with Gasteiger partial charge in [-0.1, -0.05) is 0 Å². The van der Waals surface area contributed by atoms with Crippen molar-refractivity contribution in [2.24, 2.45) is 0 Å². The van der Waals surface area contributed by atoms with Crippen LogP contribution in [0.2, 0.25) is 0 Å². The Labute approximate surface area is 158 Å². The van der Waals surface area contributed by atoms with Crippen molar-refractivity contribution in [1.29, 1.82) is 0 Å². The number of amides is 2. The van der Waals surface area contributed by atoms with Gasteiger partial charge < -0.3 is 10.6 Å². The molecule has 2 N–H and O–H groups in total. The predicted molar refractivity (Wildman–Crippen MR) is 106 cm³/mol. The summed E-state index contributed by atoms with van der Waals surface area (Å²) in [7, 11) is 0. The standard InChI is InChI=1S/C20H25N3O2S/c1-13-12-17-8-11-26-19(17)14(2)23(13)10-9-21-20(25)16-4-6-18(7-5-16)22-15(3)24/h4-8,11,13-14H,9-10,12H2,1-3H3,(H,21,25)(H,22,24). The van der Waals surface area contributed by atoms with Gasteiger partial charge >= 0.3 is 0 Å². The van der Waals surface area contributed by atoms with Gasteiger partial charge in [0.2, 0.25) is 5.91 Å². The summed E-state index contributed by atoms with van der Waals surface area (Å²) in [6.45, 7) is 7.40. The maximum Gasteiger partial charge on any atom is 0.251 e. The first-order valence-electron chi connectivity index (χ1n) is 8.93. The summed E-state index contributed by atoms with van der Waals surface area (Å²) >= 11 is 1.82. The molecule has 0 radical (unpaired) electrons. The highest BCUT2D eigenvalue weighted by Crippen LogP contribution is 2.35. The van der Waals surface area contributed by atoms with Crippen LogP contribution in [0.1, 0.15) is 47.6 Å². The molecule has 1 aromatic heterocycles. The lowest BCUT2D eigenvalue weighted by atomic mass is 9.97. The predicted octanol–water partition coefficient (Wildman–Crippen LogP) is 3.44. The van der Waals surface area contributed by atoms with Gasteiger partial charge in [-0.05, 0) is 61.5 Å². The molecule has 2 heterocycles. The van der Waals surface area contributed by atoms with E-state index < -0.39 is 0 Å². The van der Waals surface area contributed by atoms with Gasteiger partial charge in [-0.15, -0.1) is 11.3 Å². The molecular weight excluding hydrogens is 346 g/mol. The summed E-state index contributed by atoms with van der Waals surface area (Å²) in [5.74, 6) is -0.214. The molecule has 1 aliphatic heterocycles. The van der Waals surface area contributed by atoms with Crippen LogP contribution in [-0.4, -0.2) is 35.8 Å². The first kappa shape index (κ1) is 18.6. The second-order valence-corrected chi connectivity index (χ2v) is 7.74. The molecule has 2 atom stereocenters. The number of anilines is 1. The summed E-state index contributed by atoms with van der Waals surface area (Å²) in [4.78, 5) is 27.3. The molecule has 0 bridgehead atoms. The Morgan fingerprint density at radius 1 is 1.19 bits per heavy atom. The fourth-order valence-corrected chi connectivity index (χ4v) is 4.59. The fraction of sp³-hybridized carbons (Fsp3) is 0.400. The SMILES string of the molecule is CC(=O)Nc1ccc(C(=O)NCCN2C(C)Cc3ccsc3C2C)cc1. The molecule has 2 unspecified atom stereocenters. The van der Waals surface area contributed by atoms with E-state index in [4.69, 9.17) is 0 Å². The van der Waals surface area contributed by atoms with Crippen LogP contribution in [0.15, 0.2) is 35.7 Å². The molecule has 0 saturated carbocycles. The van der Waals surface area contributed by atoms with Crippen molar-refractivity contribution in [2.45, 2.75) is 39.3 Å². The van der Waals surface area contributed by atoms with Crippen LogP contribution >= 0.6 is 11.3 Å². The van der Waals surface area contributed by atoms with E-state index in [1.54, 1.807) is 24.3 Å². The quantitative estimate of drug-likeness (QED) is 0.846. The zero-order valence-electron chi connectivity index (χ0n) is 15.4. The number of hydrogen-bond acceptors (Lipinski definition) is 4. The van der Waals surface area contributed by atoms with Crippen molar-refractivity contribution >= 4 is 28.8 Å². The molecule has 1 aromatic carbocycles. The third kappa shape index (κ3) is 4.14. The molecule has 0 aliphatic carbocycles. The van der Waals surface area contributed by atoms with E-state index in [0.29, 0.717) is 29.9 Å². The first-order valence-corrected chi connectivity index (χ1v) is 9.81. The summed E-state index contributed by atoms with van der Waals surface area (Å²) in [6.07, 6.45) is 1.07. The normalized spacial score (nSPS) is 19.7. The van der Waals surface area contributed by atoms with Crippen molar-refractivity contribution in [3.8, 4) is 0 Å². The Hall–Kier alpha value is -2.18. The topological polar surface area (TPSA) is 61.4 Å². The average molecular weight is 372 g/mol. The number of rotatable bonds is 5. The smallest absolute Gasteiger partial charge is 0.251 e. The van der Waals surface area contributed by atoms with E-state index >= 15 is 0 Å². The summed E-state index contributed by atoms with van der Waals surface area (Å²) < 4.78 is 0. The van der Waals surface area contributed by atoms with Crippen LogP contribution in [0.4, 0.5) is 5.69 Å². The first-order chi connectivity index (χ1) is 12.5. The minimum absolute atomic E-state index is 0.0893. The number of carbonyl (C=O) groups excluding carboxylic acids is 2. The summed E-state index contributed by atoms with van der Waals surface area (Å²) in [5.41, 5.74) is 2.76. The lowest BCUT2D eigenvalue weighted by molar-refractivity contribution is -0.114. The maximum absolute atomic E-state index is 12.3. The summed E-state index contributed by atoms with van der Waals surface area (Å²) in [5, 5.41) is 7.87. The Bertz CT molecular complexity index is 785. The van der Waals surface area contributed by atoms with Gasteiger partial charge in [0.05, 0.1) is 0 Å². The number of hydrogen-bond donors (Lipinski definition) is 2.